The number of carbonyl (C=O) groups excluding carboxylic acids is 1. The standard InChI is InChI=1S/C13H19NO4/c1-12(2,3)18-11(17)14-9-13(6-4-7-13)8-5-10(15)16/h4,6-7,9H2,1-3H3,(H,14,17)(H,15,16). The molecule has 18 heavy (non-hydrogen) atoms. The fourth-order valence-electron chi connectivity index (χ4n) is 1.69. The second kappa shape index (κ2) is 5.30. The van der Waals surface area contributed by atoms with Gasteiger partial charge in [-0.25, -0.2) is 9.59 Å². The Hall–Kier alpha value is -1.70. The van der Waals surface area contributed by atoms with Crippen molar-refractivity contribution in [1.29, 1.82) is 0 Å². The number of ether oxygens (including phenoxy) is 1. The van der Waals surface area contributed by atoms with E-state index in [4.69, 9.17) is 9.84 Å². The zero-order chi connectivity index (χ0) is 13.8. The summed E-state index contributed by atoms with van der Waals surface area (Å²) < 4.78 is 5.11. The Morgan fingerprint density at radius 1 is 1.39 bits per heavy atom. The van der Waals surface area contributed by atoms with Gasteiger partial charge in [-0.2, -0.15) is 0 Å². The Balaban J connectivity index is 2.49. The molecule has 0 spiro atoms. The molecular weight excluding hydrogens is 234 g/mol. The molecule has 1 aliphatic rings. The number of carboxylic acids is 1. The van der Waals surface area contributed by atoms with Crippen LogP contribution in [0.25, 0.3) is 0 Å². The zero-order valence-corrected chi connectivity index (χ0v) is 11.0. The van der Waals surface area contributed by atoms with Crippen LogP contribution < -0.4 is 5.32 Å². The molecule has 2 N–H and O–H groups in total. The summed E-state index contributed by atoms with van der Waals surface area (Å²) in [6, 6.07) is 0. The van der Waals surface area contributed by atoms with Gasteiger partial charge < -0.3 is 15.2 Å². The van der Waals surface area contributed by atoms with Crippen molar-refractivity contribution >= 4 is 12.1 Å². The molecule has 5 nitrogen and oxygen atoms in total. The fraction of sp³-hybridized carbons (Fsp3) is 0.692. The van der Waals surface area contributed by atoms with Crippen LogP contribution in [0, 0.1) is 17.3 Å². The minimum Gasteiger partial charge on any atom is -0.472 e. The van der Waals surface area contributed by atoms with E-state index >= 15 is 0 Å². The van der Waals surface area contributed by atoms with Gasteiger partial charge in [0.15, 0.2) is 0 Å². The van der Waals surface area contributed by atoms with E-state index in [0.29, 0.717) is 6.54 Å². The van der Waals surface area contributed by atoms with Gasteiger partial charge in [0, 0.05) is 17.9 Å². The summed E-state index contributed by atoms with van der Waals surface area (Å²) in [6.07, 6.45) is 2.13. The van der Waals surface area contributed by atoms with Crippen LogP contribution in [0.4, 0.5) is 4.79 Å². The lowest BCUT2D eigenvalue weighted by Gasteiger charge is -2.37. The average molecular weight is 253 g/mol. The topological polar surface area (TPSA) is 75.6 Å². The van der Waals surface area contributed by atoms with Gasteiger partial charge in [0.1, 0.15) is 5.60 Å². The Labute approximate surface area is 107 Å². The molecule has 0 aromatic carbocycles. The largest absolute Gasteiger partial charge is 0.472 e. The lowest BCUT2D eigenvalue weighted by Crippen LogP contribution is -2.43. The third kappa shape index (κ3) is 4.66. The van der Waals surface area contributed by atoms with E-state index in [9.17, 15) is 9.59 Å². The number of hydrogen-bond acceptors (Lipinski definition) is 3. The minimum absolute atomic E-state index is 0.336. The molecule has 1 aliphatic carbocycles. The summed E-state index contributed by atoms with van der Waals surface area (Å²) in [5, 5.41) is 11.2. The third-order valence-electron chi connectivity index (χ3n) is 2.72. The highest BCUT2D eigenvalue weighted by atomic mass is 16.6. The molecular formula is C13H19NO4. The summed E-state index contributed by atoms with van der Waals surface area (Å²) in [7, 11) is 0. The van der Waals surface area contributed by atoms with Crippen molar-refractivity contribution in [3.63, 3.8) is 0 Å². The maximum absolute atomic E-state index is 11.5. The summed E-state index contributed by atoms with van der Waals surface area (Å²) >= 11 is 0. The summed E-state index contributed by atoms with van der Waals surface area (Å²) in [5.74, 6) is 3.72. The molecule has 0 unspecified atom stereocenters. The molecule has 100 valence electrons. The van der Waals surface area contributed by atoms with Gasteiger partial charge in [0.25, 0.3) is 0 Å². The first-order valence-electron chi connectivity index (χ1n) is 5.95. The van der Waals surface area contributed by atoms with Crippen molar-refractivity contribution in [3.8, 4) is 11.8 Å². The Bertz CT molecular complexity index is 393. The maximum atomic E-state index is 11.5. The third-order valence-corrected chi connectivity index (χ3v) is 2.72. The van der Waals surface area contributed by atoms with Crippen LogP contribution >= 0.6 is 0 Å². The van der Waals surface area contributed by atoms with Gasteiger partial charge in [-0.3, -0.25) is 0 Å². The molecule has 0 aliphatic heterocycles. The highest BCUT2D eigenvalue weighted by molar-refractivity contribution is 5.86. The van der Waals surface area contributed by atoms with Crippen LogP contribution in [-0.2, 0) is 9.53 Å². The molecule has 0 radical (unpaired) electrons. The zero-order valence-electron chi connectivity index (χ0n) is 11.0. The molecule has 0 aromatic rings. The predicted octanol–water partition coefficient (Wildman–Crippen LogP) is 1.77. The highest BCUT2D eigenvalue weighted by Gasteiger charge is 2.36. The van der Waals surface area contributed by atoms with Gasteiger partial charge in [-0.1, -0.05) is 12.3 Å². The second-order valence-electron chi connectivity index (χ2n) is 5.54. The Morgan fingerprint density at radius 2 is 2.00 bits per heavy atom. The lowest BCUT2D eigenvalue weighted by molar-refractivity contribution is -0.130. The first-order valence-corrected chi connectivity index (χ1v) is 5.95. The molecule has 1 rings (SSSR count). The summed E-state index contributed by atoms with van der Waals surface area (Å²) in [6.45, 7) is 5.70. The van der Waals surface area contributed by atoms with Crippen molar-refractivity contribution in [2.45, 2.75) is 45.6 Å². The predicted molar refractivity (Wildman–Crippen MR) is 65.9 cm³/mol. The Morgan fingerprint density at radius 3 is 2.39 bits per heavy atom. The van der Waals surface area contributed by atoms with Crippen LogP contribution in [0.1, 0.15) is 40.0 Å². The minimum atomic E-state index is -1.14. The van der Waals surface area contributed by atoms with Crippen molar-refractivity contribution in [3.05, 3.63) is 0 Å². The Kier molecular flexibility index (Phi) is 4.23. The van der Waals surface area contributed by atoms with E-state index in [0.717, 1.165) is 19.3 Å². The fourth-order valence-corrected chi connectivity index (χ4v) is 1.69. The van der Waals surface area contributed by atoms with E-state index in [1.165, 1.54) is 0 Å². The number of carboxylic acid groups (broad SMARTS) is 1. The molecule has 1 saturated carbocycles. The van der Waals surface area contributed by atoms with Gasteiger partial charge >= 0.3 is 12.1 Å². The molecule has 0 saturated heterocycles. The smallest absolute Gasteiger partial charge is 0.407 e. The van der Waals surface area contributed by atoms with Gasteiger partial charge in [-0.05, 0) is 33.6 Å². The number of hydrogen-bond donors (Lipinski definition) is 2. The molecule has 0 heterocycles. The number of rotatable bonds is 2. The van der Waals surface area contributed by atoms with Crippen LogP contribution in [-0.4, -0.2) is 29.3 Å². The maximum Gasteiger partial charge on any atom is 0.407 e. The monoisotopic (exact) mass is 253 g/mol. The van der Waals surface area contributed by atoms with Crippen LogP contribution in [0.2, 0.25) is 0 Å². The first-order chi connectivity index (χ1) is 8.22. The average Bonchev–Trinajstić information content (AvgIpc) is 2.12. The van der Waals surface area contributed by atoms with E-state index in [1.807, 2.05) is 0 Å². The van der Waals surface area contributed by atoms with E-state index in [-0.39, 0.29) is 0 Å². The molecule has 0 bridgehead atoms. The van der Waals surface area contributed by atoms with Gasteiger partial charge in [0.2, 0.25) is 0 Å². The number of alkyl carbamates (subject to hydrolysis) is 1. The van der Waals surface area contributed by atoms with Crippen molar-refractivity contribution in [1.82, 2.24) is 5.32 Å². The normalized spacial score (nSPS) is 16.8. The highest BCUT2D eigenvalue weighted by Crippen LogP contribution is 2.39. The number of aliphatic carboxylic acids is 1. The first kappa shape index (κ1) is 14.4. The number of nitrogens with one attached hydrogen (secondary N) is 1. The van der Waals surface area contributed by atoms with E-state index < -0.39 is 23.1 Å². The van der Waals surface area contributed by atoms with Crippen molar-refractivity contribution in [2.75, 3.05) is 6.54 Å². The van der Waals surface area contributed by atoms with Gasteiger partial charge in [-0.15, -0.1) is 0 Å². The van der Waals surface area contributed by atoms with E-state index in [1.54, 1.807) is 20.8 Å². The van der Waals surface area contributed by atoms with Crippen LogP contribution in [0.5, 0.6) is 0 Å². The summed E-state index contributed by atoms with van der Waals surface area (Å²) in [5.41, 5.74) is -0.932. The molecule has 1 amide bonds. The SMILES string of the molecule is CC(C)(C)OC(=O)NCC1(C#CC(=O)O)CCC1. The van der Waals surface area contributed by atoms with Crippen LogP contribution in [0.15, 0.2) is 0 Å². The van der Waals surface area contributed by atoms with Crippen molar-refractivity contribution in [2.24, 2.45) is 5.41 Å². The number of amides is 1. The molecule has 5 heteroatoms. The van der Waals surface area contributed by atoms with Crippen LogP contribution in [0.3, 0.4) is 0 Å². The number of carbonyl (C=O) groups is 2. The lowest BCUT2D eigenvalue weighted by atomic mass is 9.69. The molecule has 0 aromatic heterocycles. The van der Waals surface area contributed by atoms with Crippen molar-refractivity contribution < 1.29 is 19.4 Å². The summed E-state index contributed by atoms with van der Waals surface area (Å²) in [4.78, 5) is 21.9. The molecule has 0 atom stereocenters. The van der Waals surface area contributed by atoms with Gasteiger partial charge in [0.05, 0.1) is 0 Å². The van der Waals surface area contributed by atoms with E-state index in [2.05, 4.69) is 17.2 Å². The quantitative estimate of drug-likeness (QED) is 0.735. The molecule has 1 fully saturated rings. The second-order valence-corrected chi connectivity index (χ2v) is 5.54.